The van der Waals surface area contributed by atoms with Gasteiger partial charge in [-0.15, -0.1) is 11.3 Å². The molecule has 0 saturated heterocycles. The van der Waals surface area contributed by atoms with Crippen molar-refractivity contribution < 1.29 is 4.39 Å². The highest BCUT2D eigenvalue weighted by molar-refractivity contribution is 7.19. The summed E-state index contributed by atoms with van der Waals surface area (Å²) in [5.74, 6) is -0.200. The number of hydrogen-bond donors (Lipinski definition) is 1. The molecule has 104 valence electrons. The Bertz CT molecular complexity index is 732. The zero-order chi connectivity index (χ0) is 14.1. The number of aryl methyl sites for hydroxylation is 2. The molecule has 0 aliphatic rings. The van der Waals surface area contributed by atoms with Crippen LogP contribution in [0.2, 0.25) is 0 Å². The average Bonchev–Trinajstić information content (AvgIpc) is 3.01. The maximum Gasteiger partial charge on any atom is 0.124 e. The number of nitrogens with two attached hydrogens (primary N) is 1. The van der Waals surface area contributed by atoms with Gasteiger partial charge in [-0.2, -0.15) is 5.10 Å². The Morgan fingerprint density at radius 3 is 2.95 bits per heavy atom. The molecule has 1 unspecified atom stereocenters. The molecular weight excluding hydrogens is 273 g/mol. The number of thiophene rings is 1. The van der Waals surface area contributed by atoms with Gasteiger partial charge in [0.25, 0.3) is 0 Å². The van der Waals surface area contributed by atoms with E-state index in [4.69, 9.17) is 5.73 Å². The second-order valence-corrected chi connectivity index (χ2v) is 6.04. The highest BCUT2D eigenvalue weighted by atomic mass is 32.1. The van der Waals surface area contributed by atoms with E-state index in [1.165, 1.54) is 11.8 Å². The number of fused-ring (bicyclic) bond motifs is 1. The molecule has 0 aliphatic carbocycles. The third-order valence-corrected chi connectivity index (χ3v) is 4.73. The summed E-state index contributed by atoms with van der Waals surface area (Å²) in [6, 6.07) is 8.90. The highest BCUT2D eigenvalue weighted by Crippen LogP contribution is 2.31. The second kappa shape index (κ2) is 5.34. The van der Waals surface area contributed by atoms with Crippen LogP contribution >= 0.6 is 11.3 Å². The lowest BCUT2D eigenvalue weighted by Crippen LogP contribution is -2.10. The summed E-state index contributed by atoms with van der Waals surface area (Å²) in [7, 11) is 1.93. The number of halogens is 1. The predicted molar refractivity (Wildman–Crippen MR) is 80.2 cm³/mol. The molecule has 1 aromatic carbocycles. The first kappa shape index (κ1) is 13.3. The molecule has 5 heteroatoms. The van der Waals surface area contributed by atoms with Crippen LogP contribution in [0.4, 0.5) is 4.39 Å². The van der Waals surface area contributed by atoms with Crippen molar-refractivity contribution in [1.29, 1.82) is 0 Å². The Balaban J connectivity index is 1.75. The van der Waals surface area contributed by atoms with Crippen LogP contribution in [0.25, 0.3) is 10.1 Å². The van der Waals surface area contributed by atoms with E-state index >= 15 is 0 Å². The van der Waals surface area contributed by atoms with Crippen LogP contribution in [0.1, 0.15) is 23.0 Å². The third kappa shape index (κ3) is 2.59. The van der Waals surface area contributed by atoms with Crippen LogP contribution in [0.5, 0.6) is 0 Å². The minimum absolute atomic E-state index is 0.0228. The number of aromatic nitrogens is 2. The lowest BCUT2D eigenvalue weighted by molar-refractivity contribution is 0.620. The van der Waals surface area contributed by atoms with E-state index < -0.39 is 0 Å². The van der Waals surface area contributed by atoms with Crippen LogP contribution in [0, 0.1) is 5.82 Å². The Morgan fingerprint density at radius 2 is 2.20 bits per heavy atom. The number of rotatable bonds is 4. The molecule has 3 rings (SSSR count). The highest BCUT2D eigenvalue weighted by Gasteiger charge is 2.11. The molecule has 2 heterocycles. The lowest BCUT2D eigenvalue weighted by Gasteiger charge is -2.09. The van der Waals surface area contributed by atoms with Crippen molar-refractivity contribution in [1.82, 2.24) is 9.78 Å². The Morgan fingerprint density at radius 1 is 1.35 bits per heavy atom. The SMILES string of the molecule is Cn1nccc1CCC(N)c1cc2ccc(F)cc2s1. The van der Waals surface area contributed by atoms with E-state index in [1.807, 2.05) is 17.8 Å². The standard InChI is InChI=1S/C15H16FN3S/c1-19-12(6-7-18-19)4-5-13(17)15-8-10-2-3-11(16)9-14(10)20-15/h2-3,6-9,13H,4-5,17H2,1H3. The van der Waals surface area contributed by atoms with Gasteiger partial charge in [0.05, 0.1) is 0 Å². The quantitative estimate of drug-likeness (QED) is 0.800. The summed E-state index contributed by atoms with van der Waals surface area (Å²) in [5.41, 5.74) is 7.42. The van der Waals surface area contributed by atoms with Crippen LogP contribution in [0.15, 0.2) is 36.5 Å². The van der Waals surface area contributed by atoms with Gasteiger partial charge in [0.15, 0.2) is 0 Å². The second-order valence-electron chi connectivity index (χ2n) is 4.92. The van der Waals surface area contributed by atoms with Crippen LogP contribution < -0.4 is 5.73 Å². The molecule has 3 nitrogen and oxygen atoms in total. The van der Waals surface area contributed by atoms with Gasteiger partial charge in [-0.3, -0.25) is 4.68 Å². The first-order chi connectivity index (χ1) is 9.63. The Labute approximate surface area is 120 Å². The molecule has 3 aromatic rings. The van der Waals surface area contributed by atoms with Crippen molar-refractivity contribution in [2.75, 3.05) is 0 Å². The van der Waals surface area contributed by atoms with Gasteiger partial charge < -0.3 is 5.73 Å². The average molecular weight is 289 g/mol. The Kier molecular flexibility index (Phi) is 3.54. The number of hydrogen-bond acceptors (Lipinski definition) is 3. The molecule has 0 aliphatic heterocycles. The summed E-state index contributed by atoms with van der Waals surface area (Å²) < 4.78 is 16.0. The third-order valence-electron chi connectivity index (χ3n) is 3.50. The molecule has 0 spiro atoms. The summed E-state index contributed by atoms with van der Waals surface area (Å²) in [4.78, 5) is 1.10. The molecule has 0 bridgehead atoms. The van der Waals surface area contributed by atoms with Gasteiger partial charge in [0, 0.05) is 34.6 Å². The van der Waals surface area contributed by atoms with E-state index in [2.05, 4.69) is 11.2 Å². The van der Waals surface area contributed by atoms with Crippen LogP contribution in [0.3, 0.4) is 0 Å². The molecule has 2 N–H and O–H groups in total. The van der Waals surface area contributed by atoms with Crippen molar-refractivity contribution in [3.63, 3.8) is 0 Å². The largest absolute Gasteiger partial charge is 0.323 e. The van der Waals surface area contributed by atoms with E-state index in [0.29, 0.717) is 0 Å². The minimum Gasteiger partial charge on any atom is -0.323 e. The number of nitrogens with zero attached hydrogens (tertiary/aromatic N) is 2. The Hall–Kier alpha value is -1.72. The smallest absolute Gasteiger partial charge is 0.124 e. The monoisotopic (exact) mass is 289 g/mol. The van der Waals surface area contributed by atoms with Gasteiger partial charge in [0.2, 0.25) is 0 Å². The zero-order valence-electron chi connectivity index (χ0n) is 11.2. The van der Waals surface area contributed by atoms with Crippen LogP contribution in [-0.4, -0.2) is 9.78 Å². The summed E-state index contributed by atoms with van der Waals surface area (Å²) in [5, 5.41) is 5.21. The van der Waals surface area contributed by atoms with Crippen molar-refractivity contribution in [3.8, 4) is 0 Å². The molecule has 2 aromatic heterocycles. The molecular formula is C15H16FN3S. The van der Waals surface area contributed by atoms with Crippen molar-refractivity contribution >= 4 is 21.4 Å². The van der Waals surface area contributed by atoms with Gasteiger partial charge >= 0.3 is 0 Å². The first-order valence-corrected chi connectivity index (χ1v) is 7.36. The minimum atomic E-state index is -0.200. The molecule has 0 fully saturated rings. The molecule has 20 heavy (non-hydrogen) atoms. The normalized spacial score (nSPS) is 12.9. The fourth-order valence-corrected chi connectivity index (χ4v) is 3.43. The van der Waals surface area contributed by atoms with Gasteiger partial charge in [-0.1, -0.05) is 6.07 Å². The molecule has 0 radical (unpaired) electrons. The molecule has 1 atom stereocenters. The fraction of sp³-hybridized carbons (Fsp3) is 0.267. The van der Waals surface area contributed by atoms with Gasteiger partial charge in [0.1, 0.15) is 5.82 Å². The van der Waals surface area contributed by atoms with E-state index in [-0.39, 0.29) is 11.9 Å². The molecule has 0 saturated carbocycles. The summed E-state index contributed by atoms with van der Waals surface area (Å²) in [6.45, 7) is 0. The van der Waals surface area contributed by atoms with Gasteiger partial charge in [-0.05, 0) is 42.5 Å². The zero-order valence-corrected chi connectivity index (χ0v) is 12.0. The van der Waals surface area contributed by atoms with E-state index in [0.717, 1.165) is 27.8 Å². The van der Waals surface area contributed by atoms with Crippen molar-refractivity contribution in [2.45, 2.75) is 18.9 Å². The topological polar surface area (TPSA) is 43.8 Å². The maximum absolute atomic E-state index is 13.2. The van der Waals surface area contributed by atoms with Crippen LogP contribution in [-0.2, 0) is 13.5 Å². The lowest BCUT2D eigenvalue weighted by atomic mass is 10.1. The molecule has 0 amide bonds. The van der Waals surface area contributed by atoms with E-state index in [1.54, 1.807) is 29.7 Å². The van der Waals surface area contributed by atoms with E-state index in [9.17, 15) is 4.39 Å². The van der Waals surface area contributed by atoms with Gasteiger partial charge in [-0.25, -0.2) is 4.39 Å². The van der Waals surface area contributed by atoms with Crippen molar-refractivity contribution in [2.24, 2.45) is 12.8 Å². The maximum atomic E-state index is 13.2. The summed E-state index contributed by atoms with van der Waals surface area (Å²) >= 11 is 1.57. The van der Waals surface area contributed by atoms with Crippen molar-refractivity contribution in [3.05, 3.63) is 52.9 Å². The fourth-order valence-electron chi connectivity index (χ4n) is 2.30. The number of benzene rings is 1. The predicted octanol–water partition coefficient (Wildman–Crippen LogP) is 3.41. The summed E-state index contributed by atoms with van der Waals surface area (Å²) in [6.07, 6.45) is 3.54. The first-order valence-electron chi connectivity index (χ1n) is 6.55.